The van der Waals surface area contributed by atoms with Crippen molar-refractivity contribution in [2.24, 2.45) is 5.92 Å². The Balaban J connectivity index is 4.45. The van der Waals surface area contributed by atoms with Crippen LogP contribution in [0.2, 0.25) is 0 Å². The van der Waals surface area contributed by atoms with E-state index >= 15 is 0 Å². The van der Waals surface area contributed by atoms with E-state index in [1.807, 2.05) is 4.90 Å². The van der Waals surface area contributed by atoms with Crippen LogP contribution in [-0.4, -0.2) is 121 Å². The molecule has 0 fully saturated rings. The molecule has 0 radical (unpaired) electrons. The summed E-state index contributed by atoms with van der Waals surface area (Å²) in [4.78, 5) is 29.1. The quantitative estimate of drug-likeness (QED) is 0.0476. The zero-order valence-electron chi connectivity index (χ0n) is 27.8. The molecule has 0 aliphatic heterocycles. The van der Waals surface area contributed by atoms with E-state index < -0.39 is 17.9 Å². The molecule has 10 nitrogen and oxygen atoms in total. The summed E-state index contributed by atoms with van der Waals surface area (Å²) >= 11 is 0. The van der Waals surface area contributed by atoms with Crippen LogP contribution in [0.4, 0.5) is 0 Å². The molecule has 10 heteroatoms. The van der Waals surface area contributed by atoms with Gasteiger partial charge in [-0.25, -0.2) is 0 Å². The summed E-state index contributed by atoms with van der Waals surface area (Å²) < 4.78 is 10.9. The number of nitrogens with zero attached hydrogens (tertiary/aromatic N) is 2. The van der Waals surface area contributed by atoms with E-state index in [0.29, 0.717) is 45.7 Å². The molecular weight excluding hydrogens is 564 g/mol. The van der Waals surface area contributed by atoms with Gasteiger partial charge in [0.25, 0.3) is 0 Å². The number of hydrogen-bond donors (Lipinski definition) is 4. The molecule has 0 heterocycles. The van der Waals surface area contributed by atoms with Crippen LogP contribution in [0, 0.1) is 5.92 Å². The SMILES string of the molecule is CCCCCCCCC=CCCCCCCCCC(CC(=O)OCCN(CCO)CCO)C(=O)OCCN(CCO)CCO. The molecule has 0 aromatic heterocycles. The van der Waals surface area contributed by atoms with Gasteiger partial charge in [-0.05, 0) is 32.1 Å². The standard InChI is InChI=1S/C34H66N2O8/c1-2-3-4-5-6-7-8-9-10-11-12-13-14-15-16-17-18-32(34(42)44-30-24-36(21-27-39)22-28-40)31-33(41)43-29-23-35(19-25-37)20-26-38/h9-10,32,37-40H,2-8,11-31H2,1H3. The van der Waals surface area contributed by atoms with E-state index in [0.717, 1.165) is 32.1 Å². The molecule has 260 valence electrons. The molecule has 0 spiro atoms. The first-order valence-electron chi connectivity index (χ1n) is 17.4. The number of rotatable bonds is 33. The van der Waals surface area contributed by atoms with Crippen molar-refractivity contribution in [3.63, 3.8) is 0 Å². The molecule has 0 saturated heterocycles. The Hall–Kier alpha value is -1.56. The summed E-state index contributed by atoms with van der Waals surface area (Å²) in [6.45, 7) is 4.60. The number of aliphatic hydroxyl groups is 4. The first-order valence-corrected chi connectivity index (χ1v) is 17.4. The van der Waals surface area contributed by atoms with Gasteiger partial charge in [0, 0.05) is 39.3 Å². The van der Waals surface area contributed by atoms with Gasteiger partial charge in [0.1, 0.15) is 13.2 Å². The Morgan fingerprint density at radius 1 is 0.591 bits per heavy atom. The van der Waals surface area contributed by atoms with Crippen LogP contribution < -0.4 is 0 Å². The fourth-order valence-electron chi connectivity index (χ4n) is 5.12. The number of aliphatic hydroxyl groups excluding tert-OH is 4. The molecule has 1 atom stereocenters. The third-order valence-corrected chi connectivity index (χ3v) is 7.80. The van der Waals surface area contributed by atoms with Gasteiger partial charge in [-0.1, -0.05) is 83.3 Å². The van der Waals surface area contributed by atoms with Gasteiger partial charge in [-0.3, -0.25) is 19.4 Å². The van der Waals surface area contributed by atoms with Crippen LogP contribution in [0.15, 0.2) is 12.2 Å². The zero-order chi connectivity index (χ0) is 32.5. The van der Waals surface area contributed by atoms with Crippen molar-refractivity contribution >= 4 is 11.9 Å². The third kappa shape index (κ3) is 26.8. The average molecular weight is 631 g/mol. The topological polar surface area (TPSA) is 140 Å². The summed E-state index contributed by atoms with van der Waals surface area (Å²) in [6.07, 6.45) is 22.0. The minimum Gasteiger partial charge on any atom is -0.464 e. The van der Waals surface area contributed by atoms with Gasteiger partial charge in [0.2, 0.25) is 0 Å². The van der Waals surface area contributed by atoms with Crippen molar-refractivity contribution in [3.8, 4) is 0 Å². The summed E-state index contributed by atoms with van der Waals surface area (Å²) in [6, 6.07) is 0. The van der Waals surface area contributed by atoms with E-state index in [-0.39, 0.29) is 46.1 Å². The van der Waals surface area contributed by atoms with E-state index in [1.165, 1.54) is 57.8 Å². The maximum absolute atomic E-state index is 12.9. The molecule has 0 aromatic carbocycles. The molecule has 0 rings (SSSR count). The van der Waals surface area contributed by atoms with Crippen molar-refractivity contribution in [2.45, 2.75) is 110 Å². The molecule has 0 saturated carbocycles. The van der Waals surface area contributed by atoms with E-state index in [1.54, 1.807) is 4.90 Å². The van der Waals surface area contributed by atoms with Gasteiger partial charge >= 0.3 is 11.9 Å². The minimum absolute atomic E-state index is 0.0492. The number of esters is 2. The van der Waals surface area contributed by atoms with E-state index in [2.05, 4.69) is 19.1 Å². The first kappa shape index (κ1) is 42.4. The van der Waals surface area contributed by atoms with Gasteiger partial charge in [-0.2, -0.15) is 0 Å². The largest absolute Gasteiger partial charge is 0.464 e. The minimum atomic E-state index is -0.589. The summed E-state index contributed by atoms with van der Waals surface area (Å²) in [5.41, 5.74) is 0. The van der Waals surface area contributed by atoms with Gasteiger partial charge in [0.15, 0.2) is 0 Å². The highest BCUT2D eigenvalue weighted by Gasteiger charge is 2.24. The lowest BCUT2D eigenvalue weighted by atomic mass is 9.97. The maximum atomic E-state index is 12.9. The molecule has 0 amide bonds. The second-order valence-electron chi connectivity index (χ2n) is 11.6. The monoisotopic (exact) mass is 630 g/mol. The molecule has 0 aromatic rings. The molecule has 1 unspecified atom stereocenters. The smallest absolute Gasteiger partial charge is 0.309 e. The van der Waals surface area contributed by atoms with Gasteiger partial charge in [0.05, 0.1) is 38.8 Å². The lowest BCUT2D eigenvalue weighted by Crippen LogP contribution is -2.34. The number of allylic oxidation sites excluding steroid dienone is 2. The molecule has 4 N–H and O–H groups in total. The second kappa shape index (κ2) is 32.8. The number of unbranched alkanes of at least 4 members (excludes halogenated alkanes) is 12. The van der Waals surface area contributed by atoms with Crippen molar-refractivity contribution in [1.82, 2.24) is 9.80 Å². The maximum Gasteiger partial charge on any atom is 0.309 e. The van der Waals surface area contributed by atoms with Crippen LogP contribution in [0.5, 0.6) is 0 Å². The highest BCUT2D eigenvalue weighted by molar-refractivity contribution is 5.79. The Labute approximate surface area is 267 Å². The first-order chi connectivity index (χ1) is 21.5. The third-order valence-electron chi connectivity index (χ3n) is 7.80. The average Bonchev–Trinajstić information content (AvgIpc) is 3.00. The fourth-order valence-corrected chi connectivity index (χ4v) is 5.12. The number of carbonyl (C=O) groups is 2. The Bertz CT molecular complexity index is 668. The van der Waals surface area contributed by atoms with Crippen LogP contribution in [0.3, 0.4) is 0 Å². The van der Waals surface area contributed by atoms with Gasteiger partial charge < -0.3 is 29.9 Å². The Morgan fingerprint density at radius 2 is 1.02 bits per heavy atom. The summed E-state index contributed by atoms with van der Waals surface area (Å²) in [7, 11) is 0. The zero-order valence-corrected chi connectivity index (χ0v) is 27.8. The van der Waals surface area contributed by atoms with Crippen molar-refractivity contribution in [1.29, 1.82) is 0 Å². The number of hydrogen-bond acceptors (Lipinski definition) is 10. The van der Waals surface area contributed by atoms with Crippen LogP contribution >= 0.6 is 0 Å². The Morgan fingerprint density at radius 3 is 1.50 bits per heavy atom. The lowest BCUT2D eigenvalue weighted by molar-refractivity contribution is -0.156. The van der Waals surface area contributed by atoms with Crippen LogP contribution in [0.25, 0.3) is 0 Å². The predicted octanol–water partition coefficient (Wildman–Crippen LogP) is 4.08. The molecule has 0 bridgehead atoms. The predicted molar refractivity (Wildman–Crippen MR) is 175 cm³/mol. The normalized spacial score (nSPS) is 12.4. The second-order valence-corrected chi connectivity index (χ2v) is 11.6. The number of carbonyl (C=O) groups excluding carboxylic acids is 2. The summed E-state index contributed by atoms with van der Waals surface area (Å²) in [5.74, 6) is -1.48. The highest BCUT2D eigenvalue weighted by Crippen LogP contribution is 2.18. The van der Waals surface area contributed by atoms with Crippen molar-refractivity contribution in [2.75, 3.05) is 78.9 Å². The van der Waals surface area contributed by atoms with Crippen LogP contribution in [-0.2, 0) is 19.1 Å². The number of ether oxygens (including phenoxy) is 2. The molecular formula is C34H66N2O8. The highest BCUT2D eigenvalue weighted by atomic mass is 16.5. The molecule has 0 aliphatic rings. The van der Waals surface area contributed by atoms with Gasteiger partial charge in [-0.15, -0.1) is 0 Å². The summed E-state index contributed by atoms with van der Waals surface area (Å²) in [5, 5.41) is 36.6. The fraction of sp³-hybridized carbons (Fsp3) is 0.882. The van der Waals surface area contributed by atoms with E-state index in [4.69, 9.17) is 19.7 Å². The lowest BCUT2D eigenvalue weighted by Gasteiger charge is -2.21. The molecule has 0 aliphatic carbocycles. The van der Waals surface area contributed by atoms with Crippen molar-refractivity contribution in [3.05, 3.63) is 12.2 Å². The van der Waals surface area contributed by atoms with Crippen molar-refractivity contribution < 1.29 is 39.5 Å². The van der Waals surface area contributed by atoms with E-state index in [9.17, 15) is 19.8 Å². The van der Waals surface area contributed by atoms with Crippen LogP contribution in [0.1, 0.15) is 110 Å². The Kier molecular flexibility index (Phi) is 31.7. The molecule has 44 heavy (non-hydrogen) atoms.